The van der Waals surface area contributed by atoms with E-state index in [9.17, 15) is 4.79 Å². The Hall–Kier alpha value is -2.36. The number of benzene rings is 1. The number of thiophene rings is 1. The third kappa shape index (κ3) is 3.85. The summed E-state index contributed by atoms with van der Waals surface area (Å²) < 4.78 is 0. The maximum absolute atomic E-state index is 12.4. The van der Waals surface area contributed by atoms with Crippen LogP contribution in [0.4, 0.5) is 9.80 Å². The number of amides is 2. The molecular weight excluding hydrogens is 298 g/mol. The van der Waals surface area contributed by atoms with Gasteiger partial charge in [0, 0.05) is 13.1 Å². The number of rotatable bonds is 5. The molecule has 5 nitrogen and oxygen atoms in total. The molecule has 2 rings (SSSR count). The van der Waals surface area contributed by atoms with Gasteiger partial charge < -0.3 is 10.0 Å². The molecule has 0 atom stereocenters. The molecule has 6 heteroatoms. The quantitative estimate of drug-likeness (QED) is 0.890. The smallest absolute Gasteiger partial charge is 0.322 e. The van der Waals surface area contributed by atoms with Crippen molar-refractivity contribution < 1.29 is 9.90 Å². The summed E-state index contributed by atoms with van der Waals surface area (Å²) in [7, 11) is 0. The first-order chi connectivity index (χ1) is 10.7. The Balaban J connectivity index is 2.11. The van der Waals surface area contributed by atoms with Crippen LogP contribution in [-0.2, 0) is 6.54 Å². The summed E-state index contributed by atoms with van der Waals surface area (Å²) in [6.07, 6.45) is 0. The summed E-state index contributed by atoms with van der Waals surface area (Å²) in [5.74, 6) is 0. The predicted molar refractivity (Wildman–Crippen MR) is 86.7 cm³/mol. The van der Waals surface area contributed by atoms with Crippen molar-refractivity contribution in [1.29, 1.82) is 5.26 Å². The molecule has 0 saturated carbocycles. The van der Waals surface area contributed by atoms with E-state index in [1.807, 2.05) is 42.6 Å². The molecule has 1 heterocycles. The number of urea groups is 1. The maximum Gasteiger partial charge on any atom is 0.322 e. The summed E-state index contributed by atoms with van der Waals surface area (Å²) >= 11 is 1.33. The Morgan fingerprint density at radius 3 is 2.77 bits per heavy atom. The minimum Gasteiger partial charge on any atom is -0.395 e. The Labute approximate surface area is 133 Å². The van der Waals surface area contributed by atoms with E-state index in [0.717, 1.165) is 11.1 Å². The molecule has 0 fully saturated rings. The van der Waals surface area contributed by atoms with Crippen molar-refractivity contribution in [3.8, 4) is 6.07 Å². The van der Waals surface area contributed by atoms with E-state index in [1.165, 1.54) is 16.2 Å². The molecule has 1 aromatic carbocycles. The van der Waals surface area contributed by atoms with E-state index in [4.69, 9.17) is 10.4 Å². The van der Waals surface area contributed by atoms with E-state index in [2.05, 4.69) is 11.4 Å². The lowest BCUT2D eigenvalue weighted by Crippen LogP contribution is -2.36. The highest BCUT2D eigenvalue weighted by Crippen LogP contribution is 2.27. The highest BCUT2D eigenvalue weighted by Gasteiger charge is 2.17. The van der Waals surface area contributed by atoms with Crippen molar-refractivity contribution in [2.45, 2.75) is 13.5 Å². The molecule has 114 valence electrons. The lowest BCUT2D eigenvalue weighted by Gasteiger charge is -2.22. The third-order valence-electron chi connectivity index (χ3n) is 3.18. The SMILES string of the molecule is Cc1csc(NC(=O)N(CCO)Cc2ccccc2)c1C#N. The van der Waals surface area contributed by atoms with Gasteiger partial charge in [-0.2, -0.15) is 5.26 Å². The first-order valence-corrected chi connectivity index (χ1v) is 7.72. The molecule has 0 aliphatic carbocycles. The molecule has 1 aromatic heterocycles. The van der Waals surface area contributed by atoms with Gasteiger partial charge in [0.2, 0.25) is 0 Å². The average Bonchev–Trinajstić information content (AvgIpc) is 2.87. The number of carbonyl (C=O) groups is 1. The zero-order valence-electron chi connectivity index (χ0n) is 12.2. The number of aliphatic hydroxyl groups is 1. The van der Waals surface area contributed by atoms with Gasteiger partial charge in [-0.15, -0.1) is 11.3 Å². The van der Waals surface area contributed by atoms with Gasteiger partial charge in [-0.3, -0.25) is 5.32 Å². The molecule has 0 radical (unpaired) electrons. The predicted octanol–water partition coefficient (Wildman–Crippen LogP) is 2.95. The molecule has 0 aliphatic rings. The fraction of sp³-hybridized carbons (Fsp3) is 0.250. The van der Waals surface area contributed by atoms with Crippen LogP contribution in [0.2, 0.25) is 0 Å². The van der Waals surface area contributed by atoms with Gasteiger partial charge in [0.15, 0.2) is 0 Å². The highest BCUT2D eigenvalue weighted by atomic mass is 32.1. The van der Waals surface area contributed by atoms with Crippen LogP contribution >= 0.6 is 11.3 Å². The van der Waals surface area contributed by atoms with Gasteiger partial charge in [0.05, 0.1) is 12.2 Å². The number of anilines is 1. The minimum absolute atomic E-state index is 0.116. The molecule has 0 bridgehead atoms. The molecule has 0 spiro atoms. The number of nitriles is 1. The third-order valence-corrected chi connectivity index (χ3v) is 4.19. The Morgan fingerprint density at radius 1 is 1.41 bits per heavy atom. The van der Waals surface area contributed by atoms with E-state index >= 15 is 0 Å². The monoisotopic (exact) mass is 315 g/mol. The van der Waals surface area contributed by atoms with Gasteiger partial charge in [0.1, 0.15) is 11.1 Å². The molecular formula is C16H17N3O2S. The van der Waals surface area contributed by atoms with E-state index in [0.29, 0.717) is 17.1 Å². The van der Waals surface area contributed by atoms with Gasteiger partial charge in [0.25, 0.3) is 0 Å². The average molecular weight is 315 g/mol. The first kappa shape index (κ1) is 16.0. The maximum atomic E-state index is 12.4. The number of aliphatic hydroxyl groups excluding tert-OH is 1. The summed E-state index contributed by atoms with van der Waals surface area (Å²) in [4.78, 5) is 13.9. The molecule has 0 aliphatic heterocycles. The number of hydrogen-bond acceptors (Lipinski definition) is 4. The van der Waals surface area contributed by atoms with Gasteiger partial charge in [-0.1, -0.05) is 30.3 Å². The first-order valence-electron chi connectivity index (χ1n) is 6.84. The Bertz CT molecular complexity index is 676. The number of nitrogens with zero attached hydrogens (tertiary/aromatic N) is 2. The second-order valence-electron chi connectivity index (χ2n) is 4.80. The largest absolute Gasteiger partial charge is 0.395 e. The van der Waals surface area contributed by atoms with Crippen LogP contribution in [0.3, 0.4) is 0 Å². The van der Waals surface area contributed by atoms with Crippen molar-refractivity contribution in [1.82, 2.24) is 4.90 Å². The lowest BCUT2D eigenvalue weighted by molar-refractivity contribution is 0.185. The molecule has 2 amide bonds. The second kappa shape index (κ2) is 7.59. The zero-order valence-corrected chi connectivity index (χ0v) is 13.1. The fourth-order valence-corrected chi connectivity index (χ4v) is 2.91. The molecule has 0 unspecified atom stereocenters. The van der Waals surface area contributed by atoms with E-state index in [1.54, 1.807) is 0 Å². The highest BCUT2D eigenvalue weighted by molar-refractivity contribution is 7.14. The van der Waals surface area contributed by atoms with Crippen LogP contribution in [0.5, 0.6) is 0 Å². The van der Waals surface area contributed by atoms with Crippen molar-refractivity contribution >= 4 is 22.4 Å². The van der Waals surface area contributed by atoms with Crippen LogP contribution in [0, 0.1) is 18.3 Å². The standard InChI is InChI=1S/C16H17N3O2S/c1-12-11-22-15(14(12)9-17)18-16(21)19(7-8-20)10-13-5-3-2-4-6-13/h2-6,11,20H,7-8,10H2,1H3,(H,18,21). The van der Waals surface area contributed by atoms with Crippen molar-refractivity contribution in [3.05, 3.63) is 52.4 Å². The second-order valence-corrected chi connectivity index (χ2v) is 5.68. The summed E-state index contributed by atoms with van der Waals surface area (Å²) in [5.41, 5.74) is 2.32. The zero-order chi connectivity index (χ0) is 15.9. The van der Waals surface area contributed by atoms with Gasteiger partial charge in [-0.05, 0) is 23.4 Å². The topological polar surface area (TPSA) is 76.4 Å². The Kier molecular flexibility index (Phi) is 5.53. The van der Waals surface area contributed by atoms with Crippen LogP contribution in [0.15, 0.2) is 35.7 Å². The van der Waals surface area contributed by atoms with Crippen LogP contribution in [0.1, 0.15) is 16.7 Å². The molecule has 0 saturated heterocycles. The van der Waals surface area contributed by atoms with Gasteiger partial charge >= 0.3 is 6.03 Å². The Morgan fingerprint density at radius 2 is 2.14 bits per heavy atom. The molecule has 22 heavy (non-hydrogen) atoms. The summed E-state index contributed by atoms with van der Waals surface area (Å²) in [6, 6.07) is 11.3. The van der Waals surface area contributed by atoms with Crippen LogP contribution in [-0.4, -0.2) is 29.2 Å². The molecule has 2 N–H and O–H groups in total. The van der Waals surface area contributed by atoms with Crippen LogP contribution < -0.4 is 5.32 Å². The number of carbonyl (C=O) groups excluding carboxylic acids is 1. The van der Waals surface area contributed by atoms with E-state index < -0.39 is 0 Å². The number of aryl methyl sites for hydroxylation is 1. The van der Waals surface area contributed by atoms with Crippen molar-refractivity contribution in [2.75, 3.05) is 18.5 Å². The number of nitrogens with one attached hydrogen (secondary N) is 1. The van der Waals surface area contributed by atoms with Crippen LogP contribution in [0.25, 0.3) is 0 Å². The van der Waals surface area contributed by atoms with Gasteiger partial charge in [-0.25, -0.2) is 4.79 Å². The lowest BCUT2D eigenvalue weighted by atomic mass is 10.2. The minimum atomic E-state index is -0.323. The molecule has 2 aromatic rings. The van der Waals surface area contributed by atoms with E-state index in [-0.39, 0.29) is 19.2 Å². The summed E-state index contributed by atoms with van der Waals surface area (Å²) in [5, 5.41) is 23.4. The normalized spacial score (nSPS) is 10.0. The number of hydrogen-bond donors (Lipinski definition) is 2. The van der Waals surface area contributed by atoms with Crippen molar-refractivity contribution in [2.24, 2.45) is 0 Å². The van der Waals surface area contributed by atoms with Crippen molar-refractivity contribution in [3.63, 3.8) is 0 Å². The fourth-order valence-electron chi connectivity index (χ4n) is 2.03. The summed E-state index contributed by atoms with van der Waals surface area (Å²) in [6.45, 7) is 2.35.